The van der Waals surface area contributed by atoms with Gasteiger partial charge in [0.05, 0.1) is 17.6 Å². The van der Waals surface area contributed by atoms with Crippen molar-refractivity contribution >= 4 is 17.5 Å². The van der Waals surface area contributed by atoms with Crippen LogP contribution < -0.4 is 15.4 Å². The molecule has 1 amide bonds. The number of amides is 1. The molecule has 1 aromatic carbocycles. The lowest BCUT2D eigenvalue weighted by Crippen LogP contribution is -2.42. The lowest BCUT2D eigenvalue weighted by atomic mass is 9.77. The number of ether oxygens (including phenoxy) is 1. The van der Waals surface area contributed by atoms with Crippen LogP contribution in [0.2, 0.25) is 5.02 Å². The van der Waals surface area contributed by atoms with Crippen molar-refractivity contribution in [2.75, 3.05) is 39.8 Å². The Bertz CT molecular complexity index is 575. The van der Waals surface area contributed by atoms with E-state index in [-0.39, 0.29) is 11.9 Å². The summed E-state index contributed by atoms with van der Waals surface area (Å²) in [6, 6.07) is 7.34. The molecule has 2 N–H and O–H groups in total. The molecule has 1 atom stereocenters. The minimum atomic E-state index is -0.0246. The van der Waals surface area contributed by atoms with E-state index in [1.54, 1.807) is 6.07 Å². The van der Waals surface area contributed by atoms with E-state index >= 15 is 0 Å². The first-order valence-corrected chi connectivity index (χ1v) is 9.03. The van der Waals surface area contributed by atoms with Crippen molar-refractivity contribution in [1.82, 2.24) is 15.5 Å². The summed E-state index contributed by atoms with van der Waals surface area (Å²) in [6.45, 7) is 4.05. The number of para-hydroxylation sites is 1. The zero-order valence-corrected chi connectivity index (χ0v) is 14.9. The summed E-state index contributed by atoms with van der Waals surface area (Å²) in [4.78, 5) is 14.7. The van der Waals surface area contributed by atoms with Gasteiger partial charge in [0.25, 0.3) is 0 Å². The number of carbonyl (C=O) groups excluding carboxylic acids is 1. The van der Waals surface area contributed by atoms with Gasteiger partial charge in [0.2, 0.25) is 5.91 Å². The van der Waals surface area contributed by atoms with Gasteiger partial charge < -0.3 is 15.4 Å². The Morgan fingerprint density at radius 2 is 2.17 bits per heavy atom. The van der Waals surface area contributed by atoms with Crippen LogP contribution in [0.5, 0.6) is 5.75 Å². The van der Waals surface area contributed by atoms with Crippen molar-refractivity contribution in [3.05, 3.63) is 29.3 Å². The molecule has 0 saturated carbocycles. The average Bonchev–Trinajstić information content (AvgIpc) is 2.89. The first-order valence-electron chi connectivity index (χ1n) is 8.66. The normalized spacial score (nSPS) is 23.3. The maximum absolute atomic E-state index is 12.5. The van der Waals surface area contributed by atoms with Crippen LogP contribution in [-0.2, 0) is 4.79 Å². The fourth-order valence-electron chi connectivity index (χ4n) is 3.90. The summed E-state index contributed by atoms with van der Waals surface area (Å²) in [5.74, 6) is 0.760. The molecule has 0 aliphatic carbocycles. The summed E-state index contributed by atoms with van der Waals surface area (Å²) in [6.07, 6.45) is 3.29. The van der Waals surface area contributed by atoms with Crippen LogP contribution in [0.25, 0.3) is 0 Å². The predicted octanol–water partition coefficient (Wildman–Crippen LogP) is 1.91. The van der Waals surface area contributed by atoms with Crippen LogP contribution in [0.4, 0.5) is 0 Å². The monoisotopic (exact) mass is 351 g/mol. The van der Waals surface area contributed by atoms with Crippen LogP contribution in [-0.4, -0.2) is 56.7 Å². The number of benzene rings is 1. The maximum Gasteiger partial charge on any atom is 0.237 e. The van der Waals surface area contributed by atoms with Gasteiger partial charge in [0, 0.05) is 6.54 Å². The highest BCUT2D eigenvalue weighted by Gasteiger charge is 2.45. The number of nitrogens with zero attached hydrogens (tertiary/aromatic N) is 1. The largest absolute Gasteiger partial charge is 0.490 e. The first kappa shape index (κ1) is 17.5. The zero-order valence-electron chi connectivity index (χ0n) is 14.2. The number of halogens is 1. The molecule has 0 aromatic heterocycles. The number of carbonyl (C=O) groups is 1. The standard InChI is InChI=1S/C18H26ClN3O2/c1-22-13-18(6-8-20-9-7-18)12-15(22)17(23)21-10-11-24-16-5-3-2-4-14(16)19/h2-5,15,20H,6-13H2,1H3,(H,21,23)/t15-/m0/s1. The van der Waals surface area contributed by atoms with Crippen molar-refractivity contribution in [2.24, 2.45) is 5.41 Å². The minimum Gasteiger partial charge on any atom is -0.490 e. The van der Waals surface area contributed by atoms with Crippen LogP contribution >= 0.6 is 11.6 Å². The third-order valence-electron chi connectivity index (χ3n) is 5.21. The zero-order chi connectivity index (χ0) is 17.0. The van der Waals surface area contributed by atoms with Gasteiger partial charge in [-0.25, -0.2) is 0 Å². The van der Waals surface area contributed by atoms with Crippen molar-refractivity contribution in [1.29, 1.82) is 0 Å². The van der Waals surface area contributed by atoms with Crippen molar-refractivity contribution in [3.8, 4) is 5.75 Å². The van der Waals surface area contributed by atoms with E-state index in [1.165, 1.54) is 0 Å². The second kappa shape index (κ2) is 7.72. The molecule has 2 aliphatic rings. The quantitative estimate of drug-likeness (QED) is 0.796. The summed E-state index contributed by atoms with van der Waals surface area (Å²) in [7, 11) is 2.06. The van der Waals surface area contributed by atoms with E-state index in [2.05, 4.69) is 22.6 Å². The maximum atomic E-state index is 12.5. The van der Waals surface area contributed by atoms with E-state index in [4.69, 9.17) is 16.3 Å². The van der Waals surface area contributed by atoms with Gasteiger partial charge in [0.15, 0.2) is 0 Å². The second-order valence-corrected chi connectivity index (χ2v) is 7.36. The highest BCUT2D eigenvalue weighted by molar-refractivity contribution is 6.32. The van der Waals surface area contributed by atoms with Gasteiger partial charge in [-0.2, -0.15) is 0 Å². The number of nitrogens with one attached hydrogen (secondary N) is 2. The highest BCUT2D eigenvalue weighted by Crippen LogP contribution is 2.41. The summed E-state index contributed by atoms with van der Waals surface area (Å²) < 4.78 is 5.62. The Kier molecular flexibility index (Phi) is 5.64. The fourth-order valence-corrected chi connectivity index (χ4v) is 4.09. The molecule has 2 aliphatic heterocycles. The van der Waals surface area contributed by atoms with Crippen LogP contribution in [0, 0.1) is 5.41 Å². The fraction of sp³-hybridized carbons (Fsp3) is 0.611. The summed E-state index contributed by atoms with van der Waals surface area (Å²) >= 11 is 6.05. The van der Waals surface area contributed by atoms with Gasteiger partial charge in [-0.1, -0.05) is 23.7 Å². The molecule has 5 nitrogen and oxygen atoms in total. The van der Waals surface area contributed by atoms with Crippen molar-refractivity contribution in [3.63, 3.8) is 0 Å². The SMILES string of the molecule is CN1CC2(CCNCC2)C[C@H]1C(=O)NCCOc1ccccc1Cl. The van der Waals surface area contributed by atoms with E-state index in [9.17, 15) is 4.79 Å². The van der Waals surface area contributed by atoms with Gasteiger partial charge >= 0.3 is 0 Å². The molecule has 2 saturated heterocycles. The molecule has 2 fully saturated rings. The molecular formula is C18H26ClN3O2. The van der Waals surface area contributed by atoms with E-state index in [0.717, 1.165) is 38.9 Å². The number of rotatable bonds is 5. The number of likely N-dealkylation sites (tertiary alicyclic amines) is 1. The third kappa shape index (κ3) is 4.02. The average molecular weight is 352 g/mol. The first-order chi connectivity index (χ1) is 11.6. The summed E-state index contributed by atoms with van der Waals surface area (Å²) in [5.41, 5.74) is 0.316. The molecule has 0 bridgehead atoms. The van der Waals surface area contributed by atoms with Gasteiger partial charge in [-0.15, -0.1) is 0 Å². The van der Waals surface area contributed by atoms with Crippen LogP contribution in [0.1, 0.15) is 19.3 Å². The lowest BCUT2D eigenvalue weighted by Gasteiger charge is -2.33. The van der Waals surface area contributed by atoms with E-state index < -0.39 is 0 Å². The Morgan fingerprint density at radius 3 is 2.92 bits per heavy atom. The molecule has 3 rings (SSSR count). The van der Waals surface area contributed by atoms with Gasteiger partial charge in [-0.05, 0) is 56.9 Å². The topological polar surface area (TPSA) is 53.6 Å². The summed E-state index contributed by atoms with van der Waals surface area (Å²) in [5, 5.41) is 7.00. The number of hydrogen-bond acceptors (Lipinski definition) is 4. The second-order valence-electron chi connectivity index (χ2n) is 6.95. The molecule has 1 aromatic rings. The number of likely N-dealkylation sites (N-methyl/N-ethyl adjacent to an activating group) is 1. The molecule has 2 heterocycles. The molecule has 24 heavy (non-hydrogen) atoms. The van der Waals surface area contributed by atoms with Crippen molar-refractivity contribution in [2.45, 2.75) is 25.3 Å². The van der Waals surface area contributed by atoms with Crippen LogP contribution in [0.3, 0.4) is 0 Å². The van der Waals surface area contributed by atoms with Gasteiger partial charge in [0.1, 0.15) is 12.4 Å². The molecule has 6 heteroatoms. The smallest absolute Gasteiger partial charge is 0.237 e. The molecule has 1 spiro atoms. The van der Waals surface area contributed by atoms with E-state index in [0.29, 0.717) is 29.3 Å². The Morgan fingerprint density at radius 1 is 1.42 bits per heavy atom. The van der Waals surface area contributed by atoms with Crippen molar-refractivity contribution < 1.29 is 9.53 Å². The molecule has 0 unspecified atom stereocenters. The molecular weight excluding hydrogens is 326 g/mol. The molecule has 0 radical (unpaired) electrons. The Labute approximate surface area is 148 Å². The third-order valence-corrected chi connectivity index (χ3v) is 5.52. The minimum absolute atomic E-state index is 0.0246. The highest BCUT2D eigenvalue weighted by atomic mass is 35.5. The van der Waals surface area contributed by atoms with E-state index in [1.807, 2.05) is 18.2 Å². The number of piperidine rings is 1. The lowest BCUT2D eigenvalue weighted by molar-refractivity contribution is -0.125. The number of hydrogen-bond donors (Lipinski definition) is 2. The van der Waals surface area contributed by atoms with Gasteiger partial charge in [-0.3, -0.25) is 9.69 Å². The molecule has 132 valence electrons. The predicted molar refractivity (Wildman–Crippen MR) is 95.5 cm³/mol. The van der Waals surface area contributed by atoms with Crippen LogP contribution in [0.15, 0.2) is 24.3 Å². The Balaban J connectivity index is 1.44. The Hall–Kier alpha value is -1.30.